The number of rotatable bonds is 10. The van der Waals surface area contributed by atoms with Crippen LogP contribution in [0, 0.1) is 11.8 Å². The molecule has 0 spiro atoms. The van der Waals surface area contributed by atoms with Crippen LogP contribution in [-0.4, -0.2) is 67.9 Å². The zero-order valence-electron chi connectivity index (χ0n) is 27.3. The van der Waals surface area contributed by atoms with Crippen LogP contribution in [0.3, 0.4) is 0 Å². The summed E-state index contributed by atoms with van der Waals surface area (Å²) in [5.74, 6) is 1.39. The van der Waals surface area contributed by atoms with Crippen molar-refractivity contribution in [1.82, 2.24) is 30.2 Å². The van der Waals surface area contributed by atoms with Gasteiger partial charge < -0.3 is 35.3 Å². The van der Waals surface area contributed by atoms with E-state index in [0.717, 1.165) is 65.1 Å². The maximum atomic E-state index is 13.5. The van der Waals surface area contributed by atoms with Gasteiger partial charge in [-0.2, -0.15) is 0 Å². The van der Waals surface area contributed by atoms with E-state index in [1.54, 1.807) is 6.20 Å². The number of alkyl carbamates (subject to hydrolysis) is 1. The maximum absolute atomic E-state index is 13.5. The molecule has 0 bridgehead atoms. The van der Waals surface area contributed by atoms with E-state index in [9.17, 15) is 14.7 Å². The lowest BCUT2D eigenvalue weighted by Gasteiger charge is -2.30. The number of nitrogens with zero attached hydrogens (tertiary/aromatic N) is 3. The first-order valence-electron chi connectivity index (χ1n) is 16.7. The Hall–Kier alpha value is -4.64. The van der Waals surface area contributed by atoms with Crippen molar-refractivity contribution < 1.29 is 19.4 Å². The summed E-state index contributed by atoms with van der Waals surface area (Å²) >= 11 is 0. The maximum Gasteiger partial charge on any atom is 0.407 e. The van der Waals surface area contributed by atoms with Gasteiger partial charge in [0, 0.05) is 12.5 Å². The summed E-state index contributed by atoms with van der Waals surface area (Å²) in [5, 5.41) is 16.4. The number of hydrogen-bond donors (Lipinski definition) is 5. The number of aromatic nitrogens is 4. The molecule has 2 aliphatic rings. The SMILES string of the molecule is COC(=O)NC(C(=O)N1CCCC1c1ncc(-c2ccc(-c3ccc(-c4cnc(NC(O)C5CCCCC5)[nH]4)cc3)cc2)[nH]1)C(C)C. The second-order valence-corrected chi connectivity index (χ2v) is 13.0. The van der Waals surface area contributed by atoms with Gasteiger partial charge in [0.1, 0.15) is 18.1 Å². The first-order valence-corrected chi connectivity index (χ1v) is 16.7. The zero-order valence-corrected chi connectivity index (χ0v) is 27.3. The highest BCUT2D eigenvalue weighted by Gasteiger charge is 2.37. The lowest BCUT2D eigenvalue weighted by molar-refractivity contribution is -0.135. The Labute approximate surface area is 275 Å². The number of nitrogens with one attached hydrogen (secondary N) is 4. The molecular formula is C36H45N7O4. The predicted octanol–water partition coefficient (Wildman–Crippen LogP) is 6.49. The van der Waals surface area contributed by atoms with Crippen LogP contribution in [0.1, 0.15) is 70.7 Å². The second-order valence-electron chi connectivity index (χ2n) is 13.0. The third-order valence-corrected chi connectivity index (χ3v) is 9.52. The number of benzene rings is 2. The van der Waals surface area contributed by atoms with E-state index in [4.69, 9.17) is 4.74 Å². The molecule has 6 rings (SSSR count). The van der Waals surface area contributed by atoms with Crippen molar-refractivity contribution in [3.05, 3.63) is 66.7 Å². The third-order valence-electron chi connectivity index (χ3n) is 9.52. The van der Waals surface area contributed by atoms with Crippen LogP contribution in [0.2, 0.25) is 0 Å². The van der Waals surface area contributed by atoms with Crippen molar-refractivity contribution in [3.63, 3.8) is 0 Å². The van der Waals surface area contributed by atoms with Gasteiger partial charge in [0.15, 0.2) is 0 Å². The van der Waals surface area contributed by atoms with Crippen LogP contribution < -0.4 is 10.6 Å². The topological polar surface area (TPSA) is 148 Å². The molecule has 2 fully saturated rings. The molecule has 1 aliphatic carbocycles. The first-order chi connectivity index (χ1) is 22.8. The molecule has 2 aromatic heterocycles. The van der Waals surface area contributed by atoms with Crippen molar-refractivity contribution in [2.45, 2.75) is 77.1 Å². The number of carbonyl (C=O) groups excluding carboxylic acids is 2. The Bertz CT molecular complexity index is 1640. The molecule has 47 heavy (non-hydrogen) atoms. The number of ether oxygens (including phenoxy) is 1. The molecule has 11 nitrogen and oxygen atoms in total. The number of aromatic amines is 2. The monoisotopic (exact) mass is 639 g/mol. The molecule has 248 valence electrons. The summed E-state index contributed by atoms with van der Waals surface area (Å²) in [6.45, 7) is 4.43. The minimum Gasteiger partial charge on any atom is -0.453 e. The molecule has 4 aromatic rings. The van der Waals surface area contributed by atoms with Crippen LogP contribution in [0.4, 0.5) is 10.7 Å². The summed E-state index contributed by atoms with van der Waals surface area (Å²) in [7, 11) is 1.30. The van der Waals surface area contributed by atoms with Gasteiger partial charge in [0.25, 0.3) is 0 Å². The van der Waals surface area contributed by atoms with Crippen LogP contribution >= 0.6 is 0 Å². The Morgan fingerprint density at radius 1 is 0.851 bits per heavy atom. The highest BCUT2D eigenvalue weighted by atomic mass is 16.5. The van der Waals surface area contributed by atoms with Crippen molar-refractivity contribution in [1.29, 1.82) is 0 Å². The van der Waals surface area contributed by atoms with Crippen LogP contribution in [0.5, 0.6) is 0 Å². The van der Waals surface area contributed by atoms with Crippen molar-refractivity contribution >= 4 is 17.9 Å². The largest absolute Gasteiger partial charge is 0.453 e. The van der Waals surface area contributed by atoms with E-state index < -0.39 is 18.4 Å². The number of amides is 2. The van der Waals surface area contributed by atoms with E-state index in [2.05, 4.69) is 79.1 Å². The van der Waals surface area contributed by atoms with Crippen molar-refractivity contribution in [2.24, 2.45) is 11.8 Å². The van der Waals surface area contributed by atoms with Gasteiger partial charge in [0.05, 0.1) is 36.9 Å². The minimum absolute atomic E-state index is 0.0870. The molecular weight excluding hydrogens is 594 g/mol. The van der Waals surface area contributed by atoms with Gasteiger partial charge in [0.2, 0.25) is 11.9 Å². The van der Waals surface area contributed by atoms with Gasteiger partial charge in [-0.25, -0.2) is 14.8 Å². The lowest BCUT2D eigenvalue weighted by atomic mass is 9.88. The quantitative estimate of drug-likeness (QED) is 0.125. The Morgan fingerprint density at radius 2 is 1.45 bits per heavy atom. The number of aliphatic hydroxyl groups is 1. The zero-order chi connectivity index (χ0) is 32.9. The van der Waals surface area contributed by atoms with Crippen molar-refractivity contribution in [2.75, 3.05) is 19.0 Å². The fourth-order valence-corrected chi connectivity index (χ4v) is 6.78. The van der Waals surface area contributed by atoms with Crippen LogP contribution in [-0.2, 0) is 9.53 Å². The Morgan fingerprint density at radius 3 is 2.06 bits per heavy atom. The summed E-state index contributed by atoms with van der Waals surface area (Å²) in [4.78, 5) is 43.0. The van der Waals surface area contributed by atoms with Gasteiger partial charge in [-0.15, -0.1) is 0 Å². The number of imidazole rings is 2. The second kappa shape index (κ2) is 14.4. The van der Waals surface area contributed by atoms with E-state index >= 15 is 0 Å². The number of aliphatic hydroxyl groups excluding tert-OH is 1. The van der Waals surface area contributed by atoms with E-state index in [1.165, 1.54) is 26.4 Å². The van der Waals surface area contributed by atoms with Crippen LogP contribution in [0.25, 0.3) is 33.6 Å². The van der Waals surface area contributed by atoms with E-state index in [1.807, 2.05) is 24.9 Å². The molecule has 3 atom stereocenters. The molecule has 5 N–H and O–H groups in total. The number of likely N-dealkylation sites (tertiary alicyclic amines) is 1. The number of hydrogen-bond acceptors (Lipinski definition) is 7. The van der Waals surface area contributed by atoms with E-state index in [0.29, 0.717) is 12.5 Å². The van der Waals surface area contributed by atoms with Crippen molar-refractivity contribution in [3.8, 4) is 33.6 Å². The highest BCUT2D eigenvalue weighted by Crippen LogP contribution is 2.34. The van der Waals surface area contributed by atoms with Gasteiger partial charge >= 0.3 is 6.09 Å². The average Bonchev–Trinajstić information content (AvgIpc) is 3.89. The molecule has 1 saturated carbocycles. The normalized spacial score (nSPS) is 18.2. The molecule has 3 unspecified atom stereocenters. The van der Waals surface area contributed by atoms with Gasteiger partial charge in [-0.1, -0.05) is 81.6 Å². The summed E-state index contributed by atoms with van der Waals surface area (Å²) in [6, 6.07) is 15.8. The summed E-state index contributed by atoms with van der Waals surface area (Å²) < 4.78 is 4.74. The fraction of sp³-hybridized carbons (Fsp3) is 0.444. The molecule has 3 heterocycles. The first kappa shape index (κ1) is 32.3. The Kier molecular flexibility index (Phi) is 9.91. The number of carbonyl (C=O) groups is 2. The molecule has 0 radical (unpaired) electrons. The summed E-state index contributed by atoms with van der Waals surface area (Å²) in [5.41, 5.74) is 5.97. The lowest BCUT2D eigenvalue weighted by Crippen LogP contribution is -2.51. The molecule has 11 heteroatoms. The molecule has 2 aromatic carbocycles. The summed E-state index contributed by atoms with van der Waals surface area (Å²) in [6.07, 6.45) is 9.77. The number of H-pyrrole nitrogens is 2. The predicted molar refractivity (Wildman–Crippen MR) is 181 cm³/mol. The highest BCUT2D eigenvalue weighted by molar-refractivity contribution is 5.86. The van der Waals surface area contributed by atoms with Gasteiger partial charge in [-0.05, 0) is 53.9 Å². The standard InChI is InChI=1S/C36H45N7O4/c1-22(2)31(41-36(46)47-3)34(45)43-19-7-10-30(43)32-37-20-28(39-32)25-15-11-23(12-16-25)24-13-17-26(18-14-24)29-21-38-35(40-29)42-33(44)27-8-5-4-6-9-27/h11-18,20-22,27,30-31,33,44H,4-10,19H2,1-3H3,(H,37,39)(H,41,46)(H2,38,40,42). The Balaban J connectivity index is 1.09. The van der Waals surface area contributed by atoms with Crippen LogP contribution in [0.15, 0.2) is 60.9 Å². The number of methoxy groups -OCH3 is 1. The van der Waals surface area contributed by atoms with Gasteiger partial charge in [-0.3, -0.25) is 4.79 Å². The molecule has 1 saturated heterocycles. The van der Waals surface area contributed by atoms with E-state index in [-0.39, 0.29) is 23.8 Å². The third kappa shape index (κ3) is 7.35. The molecule has 1 aliphatic heterocycles. The minimum atomic E-state index is -0.668. The fourth-order valence-electron chi connectivity index (χ4n) is 6.78. The number of anilines is 1. The average molecular weight is 640 g/mol. The smallest absolute Gasteiger partial charge is 0.407 e. The molecule has 2 amide bonds.